The predicted octanol–water partition coefficient (Wildman–Crippen LogP) is 1.34. The van der Waals surface area contributed by atoms with Gasteiger partial charge in [0.15, 0.2) is 0 Å². The number of esters is 1. The van der Waals surface area contributed by atoms with E-state index in [-0.39, 0.29) is 18.0 Å². The van der Waals surface area contributed by atoms with Gasteiger partial charge < -0.3 is 14.2 Å². The summed E-state index contributed by atoms with van der Waals surface area (Å²) in [6, 6.07) is 0. The third kappa shape index (κ3) is 3.27. The van der Waals surface area contributed by atoms with Crippen LogP contribution >= 0.6 is 0 Å². The average molecular weight is 202 g/mol. The zero-order chi connectivity index (χ0) is 10.4. The van der Waals surface area contributed by atoms with Crippen molar-refractivity contribution in [1.29, 1.82) is 0 Å². The van der Waals surface area contributed by atoms with Crippen LogP contribution in [0.1, 0.15) is 25.7 Å². The third-order valence-corrected chi connectivity index (χ3v) is 2.63. The molecule has 0 radical (unpaired) electrons. The van der Waals surface area contributed by atoms with E-state index in [1.165, 1.54) is 7.11 Å². The van der Waals surface area contributed by atoms with Crippen LogP contribution in [0.15, 0.2) is 0 Å². The molecule has 0 spiro atoms. The van der Waals surface area contributed by atoms with Crippen molar-refractivity contribution in [1.82, 2.24) is 0 Å². The highest BCUT2D eigenvalue weighted by molar-refractivity contribution is 5.72. The molecule has 0 aromatic rings. The molecule has 0 aliphatic heterocycles. The van der Waals surface area contributed by atoms with Gasteiger partial charge in [-0.2, -0.15) is 0 Å². The lowest BCUT2D eigenvalue weighted by Gasteiger charge is -2.26. The van der Waals surface area contributed by atoms with Crippen LogP contribution in [-0.2, 0) is 19.0 Å². The van der Waals surface area contributed by atoms with E-state index in [0.29, 0.717) is 6.79 Å². The molecule has 0 atom stereocenters. The summed E-state index contributed by atoms with van der Waals surface area (Å²) in [7, 11) is 3.05. The molecule has 0 unspecified atom stereocenters. The maximum Gasteiger partial charge on any atom is 0.308 e. The molecule has 0 saturated heterocycles. The molecular formula is C10H18O4. The maximum atomic E-state index is 11.2. The van der Waals surface area contributed by atoms with E-state index < -0.39 is 0 Å². The number of rotatable bonds is 4. The van der Waals surface area contributed by atoms with Crippen molar-refractivity contribution in [3.63, 3.8) is 0 Å². The Morgan fingerprint density at radius 3 is 2.36 bits per heavy atom. The summed E-state index contributed by atoms with van der Waals surface area (Å²) in [5.74, 6) is -0.0161. The quantitative estimate of drug-likeness (QED) is 0.509. The molecule has 0 heterocycles. The molecule has 0 amide bonds. The molecular weight excluding hydrogens is 184 g/mol. The molecule has 1 aliphatic carbocycles. The van der Waals surface area contributed by atoms with Crippen molar-refractivity contribution in [3.05, 3.63) is 0 Å². The molecule has 0 aromatic heterocycles. The second-order valence-corrected chi connectivity index (χ2v) is 3.57. The molecule has 1 fully saturated rings. The summed E-state index contributed by atoms with van der Waals surface area (Å²) >= 11 is 0. The molecule has 1 aliphatic rings. The summed E-state index contributed by atoms with van der Waals surface area (Å²) in [5.41, 5.74) is 0. The lowest BCUT2D eigenvalue weighted by Crippen LogP contribution is -2.27. The van der Waals surface area contributed by atoms with Gasteiger partial charge >= 0.3 is 5.97 Å². The molecule has 0 aromatic carbocycles. The van der Waals surface area contributed by atoms with Gasteiger partial charge in [0.2, 0.25) is 0 Å². The Balaban J connectivity index is 2.20. The molecule has 14 heavy (non-hydrogen) atoms. The SMILES string of the molecule is COCOC1CCC(C(=O)OC)CC1. The van der Waals surface area contributed by atoms with Crippen LogP contribution in [0.2, 0.25) is 0 Å². The van der Waals surface area contributed by atoms with Crippen LogP contribution in [0.5, 0.6) is 0 Å². The second kappa shape index (κ2) is 5.98. The van der Waals surface area contributed by atoms with Gasteiger partial charge in [-0.15, -0.1) is 0 Å². The van der Waals surface area contributed by atoms with Gasteiger partial charge in [0.1, 0.15) is 6.79 Å². The largest absolute Gasteiger partial charge is 0.469 e. The Kier molecular flexibility index (Phi) is 4.90. The normalized spacial score (nSPS) is 27.3. The van der Waals surface area contributed by atoms with Crippen molar-refractivity contribution >= 4 is 5.97 Å². The highest BCUT2D eigenvalue weighted by Crippen LogP contribution is 2.26. The highest BCUT2D eigenvalue weighted by atomic mass is 16.7. The summed E-state index contributed by atoms with van der Waals surface area (Å²) < 4.78 is 14.9. The average Bonchev–Trinajstić information content (AvgIpc) is 2.26. The fourth-order valence-corrected chi connectivity index (χ4v) is 1.80. The van der Waals surface area contributed by atoms with E-state index >= 15 is 0 Å². The Bertz CT molecular complexity index is 173. The van der Waals surface area contributed by atoms with Gasteiger partial charge in [-0.05, 0) is 25.7 Å². The van der Waals surface area contributed by atoms with Crippen LogP contribution < -0.4 is 0 Å². The lowest BCUT2D eigenvalue weighted by molar-refractivity contribution is -0.148. The Morgan fingerprint density at radius 2 is 1.86 bits per heavy atom. The van der Waals surface area contributed by atoms with Gasteiger partial charge in [0, 0.05) is 7.11 Å². The predicted molar refractivity (Wildman–Crippen MR) is 50.7 cm³/mol. The smallest absolute Gasteiger partial charge is 0.308 e. The van der Waals surface area contributed by atoms with Gasteiger partial charge in [-0.25, -0.2) is 0 Å². The van der Waals surface area contributed by atoms with Crippen molar-refractivity contribution in [2.24, 2.45) is 5.92 Å². The third-order valence-electron chi connectivity index (χ3n) is 2.63. The summed E-state index contributed by atoms with van der Waals surface area (Å²) in [4.78, 5) is 11.2. The van der Waals surface area contributed by atoms with Gasteiger partial charge in [0.25, 0.3) is 0 Å². The minimum Gasteiger partial charge on any atom is -0.469 e. The first-order valence-electron chi connectivity index (χ1n) is 4.96. The lowest BCUT2D eigenvalue weighted by atomic mass is 9.87. The molecule has 0 bridgehead atoms. The number of carbonyl (C=O) groups is 1. The second-order valence-electron chi connectivity index (χ2n) is 3.57. The van der Waals surface area contributed by atoms with E-state index in [4.69, 9.17) is 14.2 Å². The Labute approximate surface area is 84.5 Å². The van der Waals surface area contributed by atoms with Crippen molar-refractivity contribution in [2.75, 3.05) is 21.0 Å². The Hall–Kier alpha value is -0.610. The van der Waals surface area contributed by atoms with E-state index in [1.807, 2.05) is 0 Å². The zero-order valence-corrected chi connectivity index (χ0v) is 8.82. The van der Waals surface area contributed by atoms with Crippen LogP contribution in [0.3, 0.4) is 0 Å². The first kappa shape index (κ1) is 11.5. The maximum absolute atomic E-state index is 11.2. The van der Waals surface area contributed by atoms with Gasteiger partial charge in [0.05, 0.1) is 19.1 Å². The highest BCUT2D eigenvalue weighted by Gasteiger charge is 2.26. The van der Waals surface area contributed by atoms with Crippen LogP contribution in [0.25, 0.3) is 0 Å². The summed E-state index contributed by atoms with van der Waals surface area (Å²) in [6.45, 7) is 0.341. The van der Waals surface area contributed by atoms with Crippen LogP contribution in [0.4, 0.5) is 0 Å². The van der Waals surface area contributed by atoms with Crippen molar-refractivity contribution in [2.45, 2.75) is 31.8 Å². The van der Waals surface area contributed by atoms with E-state index in [9.17, 15) is 4.79 Å². The zero-order valence-electron chi connectivity index (χ0n) is 8.82. The number of methoxy groups -OCH3 is 2. The first-order valence-corrected chi connectivity index (χ1v) is 4.96. The first-order chi connectivity index (χ1) is 6.77. The summed E-state index contributed by atoms with van der Waals surface area (Å²) in [5, 5.41) is 0. The molecule has 4 heteroatoms. The number of carbonyl (C=O) groups excluding carboxylic acids is 1. The summed E-state index contributed by atoms with van der Waals surface area (Å²) in [6.07, 6.45) is 3.81. The number of ether oxygens (including phenoxy) is 3. The van der Waals surface area contributed by atoms with Gasteiger partial charge in [-0.3, -0.25) is 4.79 Å². The van der Waals surface area contributed by atoms with Gasteiger partial charge in [-0.1, -0.05) is 0 Å². The monoisotopic (exact) mass is 202 g/mol. The molecule has 4 nitrogen and oxygen atoms in total. The molecule has 0 N–H and O–H groups in total. The topological polar surface area (TPSA) is 44.8 Å². The van der Waals surface area contributed by atoms with Crippen LogP contribution in [0, 0.1) is 5.92 Å². The number of hydrogen-bond acceptors (Lipinski definition) is 4. The van der Waals surface area contributed by atoms with Crippen LogP contribution in [-0.4, -0.2) is 33.1 Å². The van der Waals surface area contributed by atoms with Crippen molar-refractivity contribution < 1.29 is 19.0 Å². The van der Waals surface area contributed by atoms with Crippen molar-refractivity contribution in [3.8, 4) is 0 Å². The Morgan fingerprint density at radius 1 is 1.21 bits per heavy atom. The standard InChI is InChI=1S/C10H18O4/c1-12-7-14-9-5-3-8(4-6-9)10(11)13-2/h8-9H,3-7H2,1-2H3. The minimum atomic E-state index is -0.0878. The van der Waals surface area contributed by atoms with E-state index in [1.54, 1.807) is 7.11 Å². The molecule has 1 rings (SSSR count). The molecule has 82 valence electrons. The van der Waals surface area contributed by atoms with E-state index in [0.717, 1.165) is 25.7 Å². The van der Waals surface area contributed by atoms with E-state index in [2.05, 4.69) is 0 Å². The fourth-order valence-electron chi connectivity index (χ4n) is 1.80. The number of hydrogen-bond donors (Lipinski definition) is 0. The minimum absolute atomic E-state index is 0.0717. The fraction of sp³-hybridized carbons (Fsp3) is 0.900. The molecule has 1 saturated carbocycles.